The van der Waals surface area contributed by atoms with Crippen LogP contribution in [0, 0.1) is 5.82 Å². The molecule has 0 fully saturated rings. The van der Waals surface area contributed by atoms with Gasteiger partial charge in [-0.2, -0.15) is 0 Å². The van der Waals surface area contributed by atoms with Gasteiger partial charge in [-0.25, -0.2) is 4.39 Å². The van der Waals surface area contributed by atoms with Crippen molar-refractivity contribution in [3.05, 3.63) is 64.8 Å². The zero-order valence-corrected chi connectivity index (χ0v) is 11.6. The van der Waals surface area contributed by atoms with Crippen molar-refractivity contribution in [2.24, 2.45) is 5.73 Å². The second-order valence-corrected chi connectivity index (χ2v) is 5.46. The van der Waals surface area contributed by atoms with E-state index >= 15 is 0 Å². The summed E-state index contributed by atoms with van der Waals surface area (Å²) in [5, 5.41) is 3.27. The first-order chi connectivity index (χ1) is 9.76. The summed E-state index contributed by atoms with van der Waals surface area (Å²) >= 11 is 1.69. The minimum Gasteiger partial charge on any atom is -0.489 e. The molecule has 0 atom stereocenters. The van der Waals surface area contributed by atoms with Crippen molar-refractivity contribution in [2.75, 3.05) is 0 Å². The molecule has 3 aromatic rings. The second-order valence-electron chi connectivity index (χ2n) is 4.55. The SMILES string of the molecule is NCc1cc(F)cc(OCc2csc3ccccc23)c1. The van der Waals surface area contributed by atoms with Crippen molar-refractivity contribution in [3.63, 3.8) is 0 Å². The van der Waals surface area contributed by atoms with Crippen molar-refractivity contribution in [2.45, 2.75) is 13.2 Å². The molecule has 0 aliphatic rings. The molecule has 0 bridgehead atoms. The third kappa shape index (κ3) is 2.66. The second kappa shape index (κ2) is 5.61. The van der Waals surface area contributed by atoms with Crippen LogP contribution in [0.15, 0.2) is 47.8 Å². The van der Waals surface area contributed by atoms with Crippen molar-refractivity contribution in [1.82, 2.24) is 0 Å². The summed E-state index contributed by atoms with van der Waals surface area (Å²) < 4.78 is 20.3. The first-order valence-electron chi connectivity index (χ1n) is 6.34. The van der Waals surface area contributed by atoms with Gasteiger partial charge in [-0.15, -0.1) is 11.3 Å². The summed E-state index contributed by atoms with van der Waals surface area (Å²) in [6.45, 7) is 0.729. The van der Waals surface area contributed by atoms with Crippen LogP contribution in [-0.2, 0) is 13.2 Å². The van der Waals surface area contributed by atoms with Gasteiger partial charge in [0.1, 0.15) is 18.2 Å². The van der Waals surface area contributed by atoms with E-state index in [4.69, 9.17) is 10.5 Å². The highest BCUT2D eigenvalue weighted by Gasteiger charge is 2.05. The highest BCUT2D eigenvalue weighted by Crippen LogP contribution is 2.27. The summed E-state index contributed by atoms with van der Waals surface area (Å²) in [7, 11) is 0. The Hall–Kier alpha value is -1.91. The number of nitrogens with two attached hydrogens (primary N) is 1. The van der Waals surface area contributed by atoms with E-state index in [0.717, 1.165) is 11.1 Å². The fourth-order valence-electron chi connectivity index (χ4n) is 2.13. The lowest BCUT2D eigenvalue weighted by atomic mass is 10.2. The third-order valence-electron chi connectivity index (χ3n) is 3.12. The molecule has 0 saturated carbocycles. The van der Waals surface area contributed by atoms with Gasteiger partial charge in [-0.3, -0.25) is 0 Å². The van der Waals surface area contributed by atoms with Crippen molar-refractivity contribution < 1.29 is 9.13 Å². The standard InChI is InChI=1S/C16H14FNOS/c17-13-5-11(8-18)6-14(7-13)19-9-12-10-20-16-4-2-1-3-15(12)16/h1-7,10H,8-9,18H2. The molecular weight excluding hydrogens is 273 g/mol. The molecule has 2 aromatic carbocycles. The Morgan fingerprint density at radius 2 is 2.00 bits per heavy atom. The number of hydrogen-bond donors (Lipinski definition) is 1. The zero-order valence-electron chi connectivity index (χ0n) is 10.8. The monoisotopic (exact) mass is 287 g/mol. The molecule has 1 heterocycles. The number of benzene rings is 2. The molecule has 102 valence electrons. The Kier molecular flexibility index (Phi) is 3.67. The number of thiophene rings is 1. The molecule has 4 heteroatoms. The predicted octanol–water partition coefficient (Wildman–Crippen LogP) is 4.08. The molecule has 20 heavy (non-hydrogen) atoms. The first kappa shape index (κ1) is 13.1. The number of halogens is 1. The van der Waals surface area contributed by atoms with Crippen LogP contribution in [-0.4, -0.2) is 0 Å². The summed E-state index contributed by atoms with van der Waals surface area (Å²) in [6.07, 6.45) is 0. The number of rotatable bonds is 4. The van der Waals surface area contributed by atoms with Gasteiger partial charge < -0.3 is 10.5 Å². The average Bonchev–Trinajstić information content (AvgIpc) is 2.88. The summed E-state index contributed by atoms with van der Waals surface area (Å²) in [4.78, 5) is 0. The largest absolute Gasteiger partial charge is 0.489 e. The number of ether oxygens (including phenoxy) is 1. The molecule has 0 aliphatic heterocycles. The molecule has 0 spiro atoms. The van der Waals surface area contributed by atoms with Gasteiger partial charge in [0.05, 0.1) is 0 Å². The minimum atomic E-state index is -0.321. The lowest BCUT2D eigenvalue weighted by Crippen LogP contribution is -2.00. The summed E-state index contributed by atoms with van der Waals surface area (Å²) in [6, 6.07) is 12.8. The Morgan fingerprint density at radius 1 is 1.15 bits per heavy atom. The maximum Gasteiger partial charge on any atom is 0.127 e. The van der Waals surface area contributed by atoms with Crippen molar-refractivity contribution in [1.29, 1.82) is 0 Å². The van der Waals surface area contributed by atoms with E-state index in [2.05, 4.69) is 17.5 Å². The van der Waals surface area contributed by atoms with E-state index in [-0.39, 0.29) is 5.82 Å². The lowest BCUT2D eigenvalue weighted by Gasteiger charge is -2.07. The molecule has 3 rings (SSSR count). The lowest BCUT2D eigenvalue weighted by molar-refractivity contribution is 0.306. The van der Waals surface area contributed by atoms with Gasteiger partial charge in [0.25, 0.3) is 0 Å². The van der Waals surface area contributed by atoms with Crippen LogP contribution in [0.5, 0.6) is 5.75 Å². The van der Waals surface area contributed by atoms with Crippen LogP contribution >= 0.6 is 11.3 Å². The fourth-order valence-corrected chi connectivity index (χ4v) is 3.08. The van der Waals surface area contributed by atoms with Crippen LogP contribution in [0.25, 0.3) is 10.1 Å². The molecule has 0 radical (unpaired) electrons. The van der Waals surface area contributed by atoms with Crippen molar-refractivity contribution >= 4 is 21.4 Å². The van der Waals surface area contributed by atoms with E-state index in [1.54, 1.807) is 17.4 Å². The Balaban J connectivity index is 1.81. The van der Waals surface area contributed by atoms with Crippen LogP contribution in [0.2, 0.25) is 0 Å². The van der Waals surface area contributed by atoms with Crippen LogP contribution in [0.4, 0.5) is 4.39 Å². The third-order valence-corrected chi connectivity index (χ3v) is 4.13. The van der Waals surface area contributed by atoms with Gasteiger partial charge >= 0.3 is 0 Å². The smallest absolute Gasteiger partial charge is 0.127 e. The molecular formula is C16H14FNOS. The van der Waals surface area contributed by atoms with Gasteiger partial charge in [0, 0.05) is 22.9 Å². The quantitative estimate of drug-likeness (QED) is 0.784. The Bertz CT molecular complexity index is 738. The van der Waals surface area contributed by atoms with E-state index < -0.39 is 0 Å². The zero-order chi connectivity index (χ0) is 13.9. The average molecular weight is 287 g/mol. The Labute approximate surface area is 120 Å². The maximum absolute atomic E-state index is 13.4. The predicted molar refractivity (Wildman–Crippen MR) is 80.4 cm³/mol. The number of fused-ring (bicyclic) bond motifs is 1. The normalized spacial score (nSPS) is 10.9. The molecule has 0 amide bonds. The summed E-state index contributed by atoms with van der Waals surface area (Å²) in [5.74, 6) is 0.193. The maximum atomic E-state index is 13.4. The van der Waals surface area contributed by atoms with Gasteiger partial charge in [0.2, 0.25) is 0 Å². The Morgan fingerprint density at radius 3 is 2.85 bits per heavy atom. The van der Waals surface area contributed by atoms with E-state index in [9.17, 15) is 4.39 Å². The first-order valence-corrected chi connectivity index (χ1v) is 7.21. The summed E-state index contributed by atoms with van der Waals surface area (Å²) in [5.41, 5.74) is 7.38. The van der Waals surface area contributed by atoms with Gasteiger partial charge in [-0.05, 0) is 34.5 Å². The van der Waals surface area contributed by atoms with E-state index in [1.807, 2.05) is 12.1 Å². The van der Waals surface area contributed by atoms with E-state index in [0.29, 0.717) is 18.9 Å². The van der Waals surface area contributed by atoms with Crippen LogP contribution in [0.3, 0.4) is 0 Å². The van der Waals surface area contributed by atoms with Gasteiger partial charge in [0.15, 0.2) is 0 Å². The number of hydrogen-bond acceptors (Lipinski definition) is 3. The van der Waals surface area contributed by atoms with Crippen molar-refractivity contribution in [3.8, 4) is 5.75 Å². The van der Waals surface area contributed by atoms with Crippen LogP contribution < -0.4 is 10.5 Å². The van der Waals surface area contributed by atoms with Gasteiger partial charge in [-0.1, -0.05) is 18.2 Å². The molecule has 0 unspecified atom stereocenters. The minimum absolute atomic E-state index is 0.301. The van der Waals surface area contributed by atoms with E-state index in [1.165, 1.54) is 22.2 Å². The molecule has 2 nitrogen and oxygen atoms in total. The van der Waals surface area contributed by atoms with Crippen LogP contribution in [0.1, 0.15) is 11.1 Å². The highest BCUT2D eigenvalue weighted by molar-refractivity contribution is 7.17. The molecule has 2 N–H and O–H groups in total. The highest BCUT2D eigenvalue weighted by atomic mass is 32.1. The topological polar surface area (TPSA) is 35.2 Å². The molecule has 1 aromatic heterocycles. The molecule has 0 saturated heterocycles. The fraction of sp³-hybridized carbons (Fsp3) is 0.125. The molecule has 0 aliphatic carbocycles.